The third kappa shape index (κ3) is 3.75. The molecule has 1 aliphatic heterocycles. The van der Waals surface area contributed by atoms with Crippen LogP contribution in [0.1, 0.15) is 11.3 Å². The quantitative estimate of drug-likeness (QED) is 0.680. The molecular weight excluding hydrogens is 348 g/mol. The van der Waals surface area contributed by atoms with Gasteiger partial charge >= 0.3 is 5.97 Å². The van der Waals surface area contributed by atoms with Crippen LogP contribution in [0, 0.1) is 0 Å². The molecule has 0 fully saturated rings. The van der Waals surface area contributed by atoms with Crippen LogP contribution in [0.4, 0.5) is 10.8 Å². The number of anilines is 2. The molecule has 0 amide bonds. The number of nitrogens with one attached hydrogen (secondary N) is 1. The number of thiazole rings is 1. The van der Waals surface area contributed by atoms with E-state index in [9.17, 15) is 4.79 Å². The van der Waals surface area contributed by atoms with E-state index in [4.69, 9.17) is 9.47 Å². The zero-order valence-corrected chi connectivity index (χ0v) is 14.7. The van der Waals surface area contributed by atoms with Crippen LogP contribution in [0.2, 0.25) is 0 Å². The second-order valence-corrected chi connectivity index (χ2v) is 6.57. The van der Waals surface area contributed by atoms with Crippen LogP contribution in [0.25, 0.3) is 6.08 Å². The first-order valence-electron chi connectivity index (χ1n) is 8.14. The number of carbonyl (C=O) groups is 1. The Hall–Kier alpha value is -3.12. The largest absolute Gasteiger partial charge is 0.488 e. The molecule has 0 saturated carbocycles. The van der Waals surface area contributed by atoms with Gasteiger partial charge < -0.3 is 14.8 Å². The maximum atomic E-state index is 12.3. The molecular formula is C20H16N2O3S. The summed E-state index contributed by atoms with van der Waals surface area (Å²) in [6.45, 7) is 0.346. The van der Waals surface area contributed by atoms with E-state index in [1.165, 1.54) is 11.3 Å². The summed E-state index contributed by atoms with van der Waals surface area (Å²) in [5.41, 5.74) is 3.06. The second kappa shape index (κ2) is 7.41. The van der Waals surface area contributed by atoms with Gasteiger partial charge in [-0.3, -0.25) is 0 Å². The third-order valence-electron chi connectivity index (χ3n) is 3.82. The minimum atomic E-state index is -0.384. The summed E-state index contributed by atoms with van der Waals surface area (Å²) in [5.74, 6) is 0.394. The summed E-state index contributed by atoms with van der Waals surface area (Å²) in [5, 5.41) is 5.86. The third-order valence-corrected chi connectivity index (χ3v) is 4.63. The highest BCUT2D eigenvalue weighted by Gasteiger charge is 2.18. The average Bonchev–Trinajstić information content (AvgIpc) is 3.14. The van der Waals surface area contributed by atoms with Crippen molar-refractivity contribution in [1.82, 2.24) is 4.98 Å². The van der Waals surface area contributed by atoms with Crippen LogP contribution in [0.5, 0.6) is 5.75 Å². The minimum absolute atomic E-state index is 0.130. The van der Waals surface area contributed by atoms with Crippen LogP contribution in [-0.4, -0.2) is 17.6 Å². The van der Waals surface area contributed by atoms with Gasteiger partial charge in [0.05, 0.1) is 11.3 Å². The fraction of sp³-hybridized carbons (Fsp3) is 0.100. The smallest absolute Gasteiger partial charge is 0.337 e. The van der Waals surface area contributed by atoms with Crippen LogP contribution < -0.4 is 10.1 Å². The van der Waals surface area contributed by atoms with Gasteiger partial charge in [-0.15, -0.1) is 11.3 Å². The number of aromatic nitrogens is 1. The van der Waals surface area contributed by atoms with Gasteiger partial charge in [-0.1, -0.05) is 36.4 Å². The molecule has 5 nitrogen and oxygen atoms in total. The molecule has 0 radical (unpaired) electrons. The van der Waals surface area contributed by atoms with Crippen LogP contribution in [-0.2, 0) is 16.1 Å². The molecule has 0 bridgehead atoms. The number of ether oxygens (including phenoxy) is 2. The maximum Gasteiger partial charge on any atom is 0.337 e. The van der Waals surface area contributed by atoms with E-state index in [0.29, 0.717) is 11.3 Å². The van der Waals surface area contributed by atoms with E-state index in [-0.39, 0.29) is 19.2 Å². The van der Waals surface area contributed by atoms with Crippen LogP contribution in [0.3, 0.4) is 0 Å². The average molecular weight is 364 g/mol. The van der Waals surface area contributed by atoms with E-state index < -0.39 is 0 Å². The van der Waals surface area contributed by atoms with Gasteiger partial charge in [0.15, 0.2) is 5.13 Å². The summed E-state index contributed by atoms with van der Waals surface area (Å²) in [6.07, 6.45) is 1.81. The molecule has 26 heavy (non-hydrogen) atoms. The topological polar surface area (TPSA) is 60.5 Å². The Morgan fingerprint density at radius 2 is 1.96 bits per heavy atom. The Bertz CT molecular complexity index is 950. The molecule has 2 heterocycles. The predicted molar refractivity (Wildman–Crippen MR) is 102 cm³/mol. The fourth-order valence-electron chi connectivity index (χ4n) is 2.54. The number of carbonyl (C=O) groups excluding carboxylic acids is 1. The van der Waals surface area contributed by atoms with E-state index >= 15 is 0 Å². The number of benzene rings is 2. The lowest BCUT2D eigenvalue weighted by Crippen LogP contribution is -2.17. The molecule has 0 aliphatic carbocycles. The normalized spacial score (nSPS) is 12.5. The number of rotatable bonds is 5. The maximum absolute atomic E-state index is 12.3. The minimum Gasteiger partial charge on any atom is -0.488 e. The summed E-state index contributed by atoms with van der Waals surface area (Å²) in [6, 6.07) is 17.4. The van der Waals surface area contributed by atoms with Gasteiger partial charge in [0.1, 0.15) is 19.0 Å². The number of para-hydroxylation sites is 2. The summed E-state index contributed by atoms with van der Waals surface area (Å²) in [4.78, 5) is 16.7. The highest BCUT2D eigenvalue weighted by molar-refractivity contribution is 7.13. The first-order valence-corrected chi connectivity index (χ1v) is 9.02. The van der Waals surface area contributed by atoms with Gasteiger partial charge in [0, 0.05) is 16.6 Å². The Morgan fingerprint density at radius 1 is 1.15 bits per heavy atom. The Morgan fingerprint density at radius 3 is 2.85 bits per heavy atom. The van der Waals surface area contributed by atoms with Gasteiger partial charge in [-0.25, -0.2) is 9.78 Å². The van der Waals surface area contributed by atoms with Crippen molar-refractivity contribution in [3.05, 3.63) is 76.8 Å². The summed E-state index contributed by atoms with van der Waals surface area (Å²) < 4.78 is 11.0. The van der Waals surface area contributed by atoms with Crippen molar-refractivity contribution in [2.75, 3.05) is 11.9 Å². The molecule has 4 rings (SSSR count). The molecule has 0 unspecified atom stereocenters. The highest BCUT2D eigenvalue weighted by atomic mass is 32.1. The van der Waals surface area contributed by atoms with Crippen molar-refractivity contribution in [1.29, 1.82) is 0 Å². The number of hydrogen-bond donors (Lipinski definition) is 1. The molecule has 6 heteroatoms. The molecule has 1 aliphatic rings. The zero-order chi connectivity index (χ0) is 17.8. The molecule has 2 aromatic carbocycles. The molecule has 1 N–H and O–H groups in total. The number of hydrogen-bond acceptors (Lipinski definition) is 6. The van der Waals surface area contributed by atoms with E-state index in [1.54, 1.807) is 0 Å². The van der Waals surface area contributed by atoms with Gasteiger partial charge in [-0.05, 0) is 24.3 Å². The standard InChI is InChI=1S/C20H16N2O3S/c23-19(15-10-14-6-4-5-9-18(14)24-11-15)25-12-17-13-26-20(22-17)21-16-7-2-1-3-8-16/h1-10,13H,11-12H2,(H,21,22). The molecule has 0 saturated heterocycles. The van der Waals surface area contributed by atoms with Crippen molar-refractivity contribution in [2.45, 2.75) is 6.61 Å². The zero-order valence-electron chi connectivity index (χ0n) is 13.8. The lowest BCUT2D eigenvalue weighted by molar-refractivity contribution is -0.140. The van der Waals surface area contributed by atoms with Crippen LogP contribution in [0.15, 0.2) is 65.6 Å². The Labute approximate surface area is 154 Å². The van der Waals surface area contributed by atoms with Gasteiger partial charge in [0.2, 0.25) is 0 Å². The second-order valence-electron chi connectivity index (χ2n) is 5.71. The fourth-order valence-corrected chi connectivity index (χ4v) is 3.26. The molecule has 3 aromatic rings. The summed E-state index contributed by atoms with van der Waals surface area (Å²) in [7, 11) is 0. The Balaban J connectivity index is 1.36. The van der Waals surface area contributed by atoms with E-state index in [0.717, 1.165) is 22.1 Å². The van der Waals surface area contributed by atoms with Crippen LogP contribution >= 0.6 is 11.3 Å². The van der Waals surface area contributed by atoms with Crippen molar-refractivity contribution in [2.24, 2.45) is 0 Å². The molecule has 0 spiro atoms. The molecule has 0 atom stereocenters. The van der Waals surface area contributed by atoms with E-state index in [2.05, 4.69) is 10.3 Å². The van der Waals surface area contributed by atoms with Crippen molar-refractivity contribution >= 4 is 34.2 Å². The van der Waals surface area contributed by atoms with Crippen molar-refractivity contribution < 1.29 is 14.3 Å². The SMILES string of the molecule is O=C(OCc1csc(Nc2ccccc2)n1)C1=Cc2ccccc2OC1. The van der Waals surface area contributed by atoms with Gasteiger partial charge in [0.25, 0.3) is 0 Å². The monoisotopic (exact) mass is 364 g/mol. The van der Waals surface area contributed by atoms with E-state index in [1.807, 2.05) is 66.1 Å². The predicted octanol–water partition coefficient (Wildman–Crippen LogP) is 4.41. The number of esters is 1. The van der Waals surface area contributed by atoms with Gasteiger partial charge in [-0.2, -0.15) is 0 Å². The molecule has 1 aromatic heterocycles. The Kier molecular flexibility index (Phi) is 4.66. The number of fused-ring (bicyclic) bond motifs is 1. The lowest BCUT2D eigenvalue weighted by Gasteiger charge is -2.16. The van der Waals surface area contributed by atoms with Crippen molar-refractivity contribution in [3.63, 3.8) is 0 Å². The summed E-state index contributed by atoms with van der Waals surface area (Å²) >= 11 is 1.47. The highest BCUT2D eigenvalue weighted by Crippen LogP contribution is 2.26. The van der Waals surface area contributed by atoms with Crippen molar-refractivity contribution in [3.8, 4) is 5.75 Å². The first kappa shape index (κ1) is 16.4. The first-order chi connectivity index (χ1) is 12.8. The lowest BCUT2D eigenvalue weighted by atomic mass is 10.1. The number of nitrogens with zero attached hydrogens (tertiary/aromatic N) is 1. The molecule has 130 valence electrons.